The molecule has 2 aromatic carbocycles. The van der Waals surface area contributed by atoms with Crippen LogP contribution in [0, 0.1) is 6.92 Å². The highest BCUT2D eigenvalue weighted by atomic mass is 16.5. The van der Waals surface area contributed by atoms with Gasteiger partial charge in [-0.15, -0.1) is 0 Å². The molecule has 1 aromatic heterocycles. The Morgan fingerprint density at radius 1 is 0.931 bits per heavy atom. The number of aromatic nitrogens is 2. The number of nitrogens with one attached hydrogen (secondary N) is 1. The predicted molar refractivity (Wildman–Crippen MR) is 118 cm³/mol. The number of methoxy groups -OCH3 is 1. The first kappa shape index (κ1) is 18.9. The maximum atomic E-state index is 6.43. The Labute approximate surface area is 171 Å². The van der Waals surface area contributed by atoms with Crippen molar-refractivity contribution in [1.82, 2.24) is 9.97 Å². The molecular weight excluding hydrogens is 364 g/mol. The number of hydrogen-bond acceptors (Lipinski definition) is 7. The first-order valence-corrected chi connectivity index (χ1v) is 9.73. The second-order valence-electron chi connectivity index (χ2n) is 7.07. The summed E-state index contributed by atoms with van der Waals surface area (Å²) in [5.41, 5.74) is 10.3. The molecule has 0 bridgehead atoms. The summed E-state index contributed by atoms with van der Waals surface area (Å²) in [6, 6.07) is 16.3. The Bertz CT molecular complexity index is 967. The second-order valence-corrected chi connectivity index (χ2v) is 7.07. The van der Waals surface area contributed by atoms with Crippen molar-refractivity contribution in [1.29, 1.82) is 0 Å². The van der Waals surface area contributed by atoms with Gasteiger partial charge in [-0.3, -0.25) is 0 Å². The molecule has 0 radical (unpaired) electrons. The van der Waals surface area contributed by atoms with E-state index in [9.17, 15) is 0 Å². The van der Waals surface area contributed by atoms with E-state index in [0.29, 0.717) is 11.5 Å². The van der Waals surface area contributed by atoms with Gasteiger partial charge in [-0.25, -0.2) is 9.97 Å². The van der Waals surface area contributed by atoms with Gasteiger partial charge in [-0.1, -0.05) is 18.2 Å². The van der Waals surface area contributed by atoms with E-state index in [1.165, 1.54) is 5.69 Å². The molecule has 0 unspecified atom stereocenters. The molecule has 1 aliphatic rings. The van der Waals surface area contributed by atoms with Crippen LogP contribution in [-0.2, 0) is 0 Å². The third kappa shape index (κ3) is 4.03. The predicted octanol–water partition coefficient (Wildman–Crippen LogP) is 3.45. The Morgan fingerprint density at radius 3 is 2.31 bits per heavy atom. The van der Waals surface area contributed by atoms with Crippen molar-refractivity contribution in [3.63, 3.8) is 0 Å². The fourth-order valence-electron chi connectivity index (χ4n) is 3.55. The van der Waals surface area contributed by atoms with Crippen LogP contribution in [0.25, 0.3) is 0 Å². The molecule has 0 saturated carbocycles. The van der Waals surface area contributed by atoms with Gasteiger partial charge in [0.2, 0.25) is 0 Å². The summed E-state index contributed by atoms with van der Waals surface area (Å²) < 4.78 is 5.24. The lowest BCUT2D eigenvalue weighted by Crippen LogP contribution is -2.47. The maximum absolute atomic E-state index is 6.43. The van der Waals surface area contributed by atoms with Crippen LogP contribution >= 0.6 is 0 Å². The van der Waals surface area contributed by atoms with E-state index >= 15 is 0 Å². The van der Waals surface area contributed by atoms with Crippen molar-refractivity contribution >= 4 is 28.7 Å². The largest absolute Gasteiger partial charge is 0.497 e. The lowest BCUT2D eigenvalue weighted by Gasteiger charge is -2.37. The number of aryl methyl sites for hydroxylation is 1. The van der Waals surface area contributed by atoms with Crippen LogP contribution in [0.5, 0.6) is 5.75 Å². The van der Waals surface area contributed by atoms with E-state index in [0.717, 1.165) is 49.0 Å². The average molecular weight is 390 g/mol. The Balaban J connectivity index is 1.46. The molecule has 0 amide bonds. The smallest absolute Gasteiger partial charge is 0.159 e. The molecule has 2 heterocycles. The maximum Gasteiger partial charge on any atom is 0.159 e. The highest BCUT2D eigenvalue weighted by Crippen LogP contribution is 2.30. The van der Waals surface area contributed by atoms with Gasteiger partial charge < -0.3 is 25.6 Å². The number of nitrogens with zero attached hydrogens (tertiary/aromatic N) is 4. The summed E-state index contributed by atoms with van der Waals surface area (Å²) in [7, 11) is 1.68. The number of hydrogen-bond donors (Lipinski definition) is 2. The average Bonchev–Trinajstić information content (AvgIpc) is 2.77. The van der Waals surface area contributed by atoms with Crippen LogP contribution in [0.4, 0.5) is 28.7 Å². The number of benzene rings is 2. The van der Waals surface area contributed by atoms with Crippen molar-refractivity contribution in [2.75, 3.05) is 54.1 Å². The lowest BCUT2D eigenvalue weighted by atomic mass is 10.2. The summed E-state index contributed by atoms with van der Waals surface area (Å²) in [5.74, 6) is 2.29. The van der Waals surface area contributed by atoms with Gasteiger partial charge in [0.25, 0.3) is 0 Å². The number of nitrogen functional groups attached to an aromatic ring is 1. The van der Waals surface area contributed by atoms with E-state index < -0.39 is 0 Å². The van der Waals surface area contributed by atoms with E-state index in [1.807, 2.05) is 30.3 Å². The van der Waals surface area contributed by atoms with Crippen molar-refractivity contribution < 1.29 is 4.74 Å². The summed E-state index contributed by atoms with van der Waals surface area (Å²) in [4.78, 5) is 13.4. The van der Waals surface area contributed by atoms with Crippen LogP contribution in [0.15, 0.2) is 54.9 Å². The molecule has 0 aliphatic carbocycles. The summed E-state index contributed by atoms with van der Waals surface area (Å²) in [6.45, 7) is 5.54. The summed E-state index contributed by atoms with van der Waals surface area (Å²) in [5, 5.41) is 3.34. The van der Waals surface area contributed by atoms with E-state index in [2.05, 4.69) is 50.2 Å². The van der Waals surface area contributed by atoms with Gasteiger partial charge in [0, 0.05) is 37.6 Å². The van der Waals surface area contributed by atoms with Crippen LogP contribution < -0.4 is 25.6 Å². The Kier molecular flexibility index (Phi) is 5.37. The van der Waals surface area contributed by atoms with Crippen LogP contribution in [-0.4, -0.2) is 43.3 Å². The zero-order valence-corrected chi connectivity index (χ0v) is 16.8. The summed E-state index contributed by atoms with van der Waals surface area (Å²) >= 11 is 0. The van der Waals surface area contributed by atoms with Crippen LogP contribution in [0.2, 0.25) is 0 Å². The number of rotatable bonds is 5. The number of piperazine rings is 1. The number of nitrogens with two attached hydrogens (primary N) is 1. The number of para-hydroxylation sites is 1. The van der Waals surface area contributed by atoms with Gasteiger partial charge in [-0.05, 0) is 42.8 Å². The minimum atomic E-state index is 0.577. The molecule has 29 heavy (non-hydrogen) atoms. The third-order valence-electron chi connectivity index (χ3n) is 5.28. The van der Waals surface area contributed by atoms with Crippen LogP contribution in [0.3, 0.4) is 0 Å². The SMILES string of the molecule is COc1ccc(N2CCN(c3ncnc(Nc4ccccc4C)c3N)CC2)cc1. The zero-order chi connectivity index (χ0) is 20.2. The van der Waals surface area contributed by atoms with E-state index in [-0.39, 0.29) is 0 Å². The minimum absolute atomic E-state index is 0.577. The zero-order valence-electron chi connectivity index (χ0n) is 16.8. The fourth-order valence-corrected chi connectivity index (χ4v) is 3.55. The molecule has 1 aliphatic heterocycles. The molecule has 3 N–H and O–H groups in total. The van der Waals surface area contributed by atoms with Gasteiger partial charge in [-0.2, -0.15) is 0 Å². The second kappa shape index (κ2) is 8.26. The molecule has 150 valence electrons. The molecule has 3 aromatic rings. The van der Waals surface area contributed by atoms with Crippen molar-refractivity contribution in [3.8, 4) is 5.75 Å². The minimum Gasteiger partial charge on any atom is -0.497 e. The first-order valence-electron chi connectivity index (χ1n) is 9.73. The number of ether oxygens (including phenoxy) is 1. The molecule has 0 atom stereocenters. The topological polar surface area (TPSA) is 79.5 Å². The fraction of sp³-hybridized carbons (Fsp3) is 0.273. The normalized spacial score (nSPS) is 14.0. The van der Waals surface area contributed by atoms with E-state index in [4.69, 9.17) is 10.5 Å². The molecule has 0 spiro atoms. The first-order chi connectivity index (χ1) is 14.2. The van der Waals surface area contributed by atoms with Gasteiger partial charge in [0.1, 0.15) is 17.8 Å². The van der Waals surface area contributed by atoms with Gasteiger partial charge >= 0.3 is 0 Å². The Morgan fingerprint density at radius 2 is 1.62 bits per heavy atom. The van der Waals surface area contributed by atoms with Gasteiger partial charge in [0.05, 0.1) is 7.11 Å². The molecule has 7 heteroatoms. The third-order valence-corrected chi connectivity index (χ3v) is 5.28. The van der Waals surface area contributed by atoms with Gasteiger partial charge in [0.15, 0.2) is 11.6 Å². The molecule has 7 nitrogen and oxygen atoms in total. The standard InChI is InChI=1S/C22H26N6O/c1-16-5-3-4-6-19(16)26-21-20(23)22(25-15-24-21)28-13-11-27(12-14-28)17-7-9-18(29-2)10-8-17/h3-10,15H,11-14,23H2,1-2H3,(H,24,25,26). The quantitative estimate of drug-likeness (QED) is 0.691. The van der Waals surface area contributed by atoms with Crippen molar-refractivity contribution in [2.45, 2.75) is 6.92 Å². The molecule has 1 fully saturated rings. The Hall–Kier alpha value is -3.48. The molecule has 1 saturated heterocycles. The highest BCUT2D eigenvalue weighted by molar-refractivity contribution is 5.79. The highest BCUT2D eigenvalue weighted by Gasteiger charge is 2.21. The molecular formula is C22H26N6O. The number of anilines is 5. The summed E-state index contributed by atoms with van der Waals surface area (Å²) in [6.07, 6.45) is 1.57. The molecule has 4 rings (SSSR count). The van der Waals surface area contributed by atoms with E-state index in [1.54, 1.807) is 13.4 Å². The lowest BCUT2D eigenvalue weighted by molar-refractivity contribution is 0.415. The van der Waals surface area contributed by atoms with Crippen molar-refractivity contribution in [2.24, 2.45) is 0 Å². The van der Waals surface area contributed by atoms with Crippen LogP contribution in [0.1, 0.15) is 5.56 Å². The monoisotopic (exact) mass is 390 g/mol. The van der Waals surface area contributed by atoms with Crippen molar-refractivity contribution in [3.05, 3.63) is 60.4 Å².